The quantitative estimate of drug-likeness (QED) is 0.774. The van der Waals surface area contributed by atoms with Crippen LogP contribution in [0, 0.1) is 5.92 Å². The number of likely N-dealkylation sites (tertiary alicyclic amines) is 1. The number of rotatable bonds is 2. The van der Waals surface area contributed by atoms with Crippen LogP contribution >= 0.6 is 22.7 Å². The second kappa shape index (κ2) is 5.33. The summed E-state index contributed by atoms with van der Waals surface area (Å²) in [5.41, 5.74) is 5.77. The van der Waals surface area contributed by atoms with Gasteiger partial charge in [-0.1, -0.05) is 18.2 Å². The van der Waals surface area contributed by atoms with Crippen molar-refractivity contribution in [1.29, 1.82) is 0 Å². The summed E-state index contributed by atoms with van der Waals surface area (Å²) in [6, 6.07) is 10.8. The van der Waals surface area contributed by atoms with Crippen molar-refractivity contribution < 1.29 is 4.79 Å². The highest BCUT2D eigenvalue weighted by Gasteiger charge is 2.32. The molecule has 4 rings (SSSR count). The Morgan fingerprint density at radius 2 is 2.14 bits per heavy atom. The zero-order valence-electron chi connectivity index (χ0n) is 12.4. The van der Waals surface area contributed by atoms with Crippen molar-refractivity contribution in [3.63, 3.8) is 0 Å². The lowest BCUT2D eigenvalue weighted by Crippen LogP contribution is -2.33. The molecule has 1 aromatic carbocycles. The van der Waals surface area contributed by atoms with E-state index >= 15 is 0 Å². The van der Waals surface area contributed by atoms with Crippen LogP contribution in [0.3, 0.4) is 0 Å². The summed E-state index contributed by atoms with van der Waals surface area (Å²) in [5.74, 6) is 0.613. The third-order valence-electron chi connectivity index (χ3n) is 4.52. The van der Waals surface area contributed by atoms with Gasteiger partial charge in [0.2, 0.25) is 0 Å². The molecule has 0 bridgehead atoms. The van der Waals surface area contributed by atoms with E-state index in [4.69, 9.17) is 5.73 Å². The van der Waals surface area contributed by atoms with Crippen LogP contribution in [0.25, 0.3) is 19.5 Å². The highest BCUT2D eigenvalue weighted by atomic mass is 32.1. The second-order valence-corrected chi connectivity index (χ2v) is 8.18. The first-order valence-corrected chi connectivity index (χ1v) is 9.22. The predicted octanol–water partition coefficient (Wildman–Crippen LogP) is 3.93. The molecule has 0 aliphatic carbocycles. The summed E-state index contributed by atoms with van der Waals surface area (Å²) in [5, 5.41) is 1.26. The number of carbonyl (C=O) groups is 1. The summed E-state index contributed by atoms with van der Waals surface area (Å²) < 4.78 is 3.75. The topological polar surface area (TPSA) is 46.3 Å². The van der Waals surface area contributed by atoms with Gasteiger partial charge in [0.05, 0.1) is 9.58 Å². The fourth-order valence-electron chi connectivity index (χ4n) is 3.34. The lowest BCUT2D eigenvalue weighted by Gasteiger charge is -2.20. The maximum absolute atomic E-state index is 12.8. The molecular formula is C17H18N2OS2. The van der Waals surface area contributed by atoms with Gasteiger partial charge in [-0.15, -0.1) is 22.7 Å². The first kappa shape index (κ1) is 14.2. The first-order valence-electron chi connectivity index (χ1n) is 7.59. The second-order valence-electron chi connectivity index (χ2n) is 6.05. The summed E-state index contributed by atoms with van der Waals surface area (Å²) >= 11 is 3.40. The third-order valence-corrected chi connectivity index (χ3v) is 6.92. The van der Waals surface area contributed by atoms with Crippen molar-refractivity contribution in [2.75, 3.05) is 13.1 Å². The van der Waals surface area contributed by atoms with Crippen molar-refractivity contribution in [2.24, 2.45) is 11.7 Å². The monoisotopic (exact) mass is 330 g/mol. The van der Waals surface area contributed by atoms with Gasteiger partial charge in [-0.2, -0.15) is 0 Å². The fourth-order valence-corrected chi connectivity index (χ4v) is 5.82. The van der Waals surface area contributed by atoms with E-state index < -0.39 is 0 Å². The Morgan fingerprint density at radius 3 is 2.91 bits per heavy atom. The molecule has 1 fully saturated rings. The Kier molecular flexibility index (Phi) is 3.44. The maximum atomic E-state index is 12.8. The maximum Gasteiger partial charge on any atom is 0.264 e. The third kappa shape index (κ3) is 2.16. The molecule has 5 heteroatoms. The number of carbonyl (C=O) groups excluding carboxylic acids is 1. The molecule has 1 aliphatic heterocycles. The predicted molar refractivity (Wildman–Crippen MR) is 94.9 cm³/mol. The first-order chi connectivity index (χ1) is 10.7. The Labute approximate surface area is 137 Å². The van der Waals surface area contributed by atoms with Gasteiger partial charge < -0.3 is 10.6 Å². The standard InChI is InChI=1S/C17H18N2OS2/c1-10-6-11(8-18)9-19(10)17(20)15-7-14-16(22-15)12-4-2-3-5-13(12)21-14/h2-5,7,10-11H,6,8-9,18H2,1H3. The minimum absolute atomic E-state index is 0.168. The Bertz CT molecular complexity index is 851. The van der Waals surface area contributed by atoms with Crippen molar-refractivity contribution in [1.82, 2.24) is 4.90 Å². The van der Waals surface area contributed by atoms with Crippen LogP contribution in [0.4, 0.5) is 0 Å². The number of fused-ring (bicyclic) bond motifs is 3. The SMILES string of the molecule is CC1CC(CN)CN1C(=O)c1cc2sc3ccccc3c2s1. The molecule has 1 saturated heterocycles. The summed E-state index contributed by atoms with van der Waals surface area (Å²) in [6.07, 6.45) is 1.02. The lowest BCUT2D eigenvalue weighted by atomic mass is 10.1. The zero-order valence-corrected chi connectivity index (χ0v) is 14.0. The van der Waals surface area contributed by atoms with E-state index in [0.717, 1.165) is 17.8 Å². The molecule has 0 saturated carbocycles. The van der Waals surface area contributed by atoms with Gasteiger partial charge in [0, 0.05) is 27.4 Å². The van der Waals surface area contributed by atoms with Gasteiger partial charge in [0.15, 0.2) is 0 Å². The number of hydrogen-bond acceptors (Lipinski definition) is 4. The van der Waals surface area contributed by atoms with E-state index in [9.17, 15) is 4.79 Å². The van der Waals surface area contributed by atoms with E-state index in [2.05, 4.69) is 37.3 Å². The van der Waals surface area contributed by atoms with Crippen LogP contribution in [0.5, 0.6) is 0 Å². The highest BCUT2D eigenvalue weighted by Crippen LogP contribution is 2.40. The molecule has 1 aliphatic rings. The smallest absolute Gasteiger partial charge is 0.264 e. The minimum Gasteiger partial charge on any atom is -0.335 e. The molecule has 3 heterocycles. The fraction of sp³-hybridized carbons (Fsp3) is 0.353. The van der Waals surface area contributed by atoms with Gasteiger partial charge in [0.1, 0.15) is 0 Å². The van der Waals surface area contributed by atoms with E-state index in [-0.39, 0.29) is 11.9 Å². The average Bonchev–Trinajstić information content (AvgIpc) is 3.18. The van der Waals surface area contributed by atoms with Crippen molar-refractivity contribution in [2.45, 2.75) is 19.4 Å². The molecule has 22 heavy (non-hydrogen) atoms. The zero-order chi connectivity index (χ0) is 15.3. The summed E-state index contributed by atoms with van der Waals surface area (Å²) in [4.78, 5) is 15.7. The normalized spacial score (nSPS) is 22.0. The number of hydrogen-bond donors (Lipinski definition) is 1. The molecule has 2 unspecified atom stereocenters. The number of thiophene rings is 2. The van der Waals surface area contributed by atoms with E-state index in [1.54, 1.807) is 22.7 Å². The van der Waals surface area contributed by atoms with Gasteiger partial charge in [-0.25, -0.2) is 0 Å². The molecule has 0 spiro atoms. The Balaban J connectivity index is 1.70. The van der Waals surface area contributed by atoms with Gasteiger partial charge in [-0.05, 0) is 37.9 Å². The molecule has 0 radical (unpaired) electrons. The van der Waals surface area contributed by atoms with Gasteiger partial charge >= 0.3 is 0 Å². The molecule has 1 amide bonds. The van der Waals surface area contributed by atoms with E-state index in [0.29, 0.717) is 12.5 Å². The van der Waals surface area contributed by atoms with Crippen molar-refractivity contribution in [3.05, 3.63) is 35.2 Å². The van der Waals surface area contributed by atoms with E-state index in [1.807, 2.05) is 4.90 Å². The number of nitrogens with zero attached hydrogens (tertiary/aromatic N) is 1. The summed E-state index contributed by atoms with van der Waals surface area (Å²) in [6.45, 7) is 3.58. The number of benzene rings is 1. The largest absolute Gasteiger partial charge is 0.335 e. The lowest BCUT2D eigenvalue weighted by molar-refractivity contribution is 0.0748. The van der Waals surface area contributed by atoms with E-state index in [1.165, 1.54) is 19.5 Å². The van der Waals surface area contributed by atoms with Crippen LogP contribution in [0.2, 0.25) is 0 Å². The van der Waals surface area contributed by atoms with Crippen LogP contribution in [-0.2, 0) is 0 Å². The average molecular weight is 330 g/mol. The van der Waals surface area contributed by atoms with Crippen LogP contribution in [0.15, 0.2) is 30.3 Å². The Morgan fingerprint density at radius 1 is 1.32 bits per heavy atom. The molecule has 3 aromatic rings. The highest BCUT2D eigenvalue weighted by molar-refractivity contribution is 7.33. The molecular weight excluding hydrogens is 312 g/mol. The molecule has 114 valence electrons. The van der Waals surface area contributed by atoms with Crippen molar-refractivity contribution >= 4 is 48.1 Å². The van der Waals surface area contributed by atoms with Crippen molar-refractivity contribution in [3.8, 4) is 0 Å². The minimum atomic E-state index is 0.168. The molecule has 2 aromatic heterocycles. The molecule has 3 nitrogen and oxygen atoms in total. The molecule has 2 N–H and O–H groups in total. The number of amides is 1. The van der Waals surface area contributed by atoms with Crippen LogP contribution < -0.4 is 5.73 Å². The molecule has 2 atom stereocenters. The number of nitrogens with two attached hydrogens (primary N) is 1. The van der Waals surface area contributed by atoms with Crippen LogP contribution in [0.1, 0.15) is 23.0 Å². The van der Waals surface area contributed by atoms with Crippen LogP contribution in [-0.4, -0.2) is 29.9 Å². The Hall–Kier alpha value is -1.43. The van der Waals surface area contributed by atoms with Gasteiger partial charge in [-0.3, -0.25) is 4.79 Å². The van der Waals surface area contributed by atoms with Gasteiger partial charge in [0.25, 0.3) is 5.91 Å². The summed E-state index contributed by atoms with van der Waals surface area (Å²) in [7, 11) is 0.